The highest BCUT2D eigenvalue weighted by molar-refractivity contribution is 5.29. The summed E-state index contributed by atoms with van der Waals surface area (Å²) in [5, 5.41) is 0. The molecule has 3 N–H and O–H groups in total. The molecule has 4 heteroatoms. The second kappa shape index (κ2) is 8.15. The first-order chi connectivity index (χ1) is 9.06. The van der Waals surface area contributed by atoms with Crippen molar-refractivity contribution in [2.75, 3.05) is 13.7 Å². The molecule has 1 rings (SSSR count). The summed E-state index contributed by atoms with van der Waals surface area (Å²) in [7, 11) is 1.72. The van der Waals surface area contributed by atoms with E-state index < -0.39 is 0 Å². The molecule has 1 aromatic carbocycles. The summed E-state index contributed by atoms with van der Waals surface area (Å²) in [6.07, 6.45) is 1.13. The molecule has 0 fully saturated rings. The van der Waals surface area contributed by atoms with E-state index in [1.165, 1.54) is 5.56 Å². The highest BCUT2D eigenvalue weighted by Gasteiger charge is 2.14. The second-order valence-corrected chi connectivity index (χ2v) is 5.25. The summed E-state index contributed by atoms with van der Waals surface area (Å²) in [6, 6.07) is 8.23. The first-order valence-electron chi connectivity index (χ1n) is 6.78. The molecule has 0 bridgehead atoms. The summed E-state index contributed by atoms with van der Waals surface area (Å²) in [4.78, 5) is 0. The molecule has 1 aromatic rings. The molecule has 0 amide bonds. The van der Waals surface area contributed by atoms with Crippen LogP contribution in [0.4, 0.5) is 0 Å². The average molecular weight is 266 g/mol. The van der Waals surface area contributed by atoms with E-state index in [1.807, 2.05) is 26.0 Å². The number of hydrogen-bond acceptors (Lipinski definition) is 4. The van der Waals surface area contributed by atoms with E-state index in [2.05, 4.69) is 24.5 Å². The Hall–Kier alpha value is -1.10. The van der Waals surface area contributed by atoms with Crippen LogP contribution in [0.2, 0.25) is 0 Å². The molecule has 108 valence electrons. The van der Waals surface area contributed by atoms with Gasteiger partial charge in [-0.2, -0.15) is 0 Å². The predicted molar refractivity (Wildman–Crippen MR) is 77.9 cm³/mol. The largest absolute Gasteiger partial charge is 0.491 e. The third-order valence-corrected chi connectivity index (χ3v) is 2.94. The molecule has 0 aliphatic heterocycles. The molecule has 19 heavy (non-hydrogen) atoms. The minimum atomic E-state index is 0.137. The van der Waals surface area contributed by atoms with Gasteiger partial charge in [0.15, 0.2) is 0 Å². The smallest absolute Gasteiger partial charge is 0.119 e. The number of ether oxygens (including phenoxy) is 2. The molecule has 0 radical (unpaired) electrons. The molecule has 2 unspecified atom stereocenters. The fraction of sp³-hybridized carbons (Fsp3) is 0.600. The first-order valence-corrected chi connectivity index (χ1v) is 6.78. The van der Waals surface area contributed by atoms with Crippen LogP contribution in [-0.2, 0) is 4.74 Å². The number of nitrogens with two attached hydrogens (primary N) is 1. The van der Waals surface area contributed by atoms with Gasteiger partial charge in [-0.3, -0.25) is 11.3 Å². The number of hydrazine groups is 1. The molecule has 0 aromatic heterocycles. The van der Waals surface area contributed by atoms with Crippen molar-refractivity contribution in [2.24, 2.45) is 11.8 Å². The second-order valence-electron chi connectivity index (χ2n) is 5.25. The van der Waals surface area contributed by atoms with Crippen molar-refractivity contribution >= 4 is 0 Å². The van der Waals surface area contributed by atoms with Crippen molar-refractivity contribution in [3.05, 3.63) is 29.8 Å². The number of benzene rings is 1. The van der Waals surface area contributed by atoms with Crippen molar-refractivity contribution in [1.29, 1.82) is 0 Å². The number of methoxy groups -OCH3 is 1. The Morgan fingerprint density at radius 2 is 1.79 bits per heavy atom. The monoisotopic (exact) mass is 266 g/mol. The maximum Gasteiger partial charge on any atom is 0.119 e. The van der Waals surface area contributed by atoms with Gasteiger partial charge in [-0.05, 0) is 43.9 Å². The number of hydrogen-bond donors (Lipinski definition) is 2. The lowest BCUT2D eigenvalue weighted by atomic mass is 9.97. The van der Waals surface area contributed by atoms with Crippen LogP contribution >= 0.6 is 0 Å². The Kier molecular flexibility index (Phi) is 6.84. The van der Waals surface area contributed by atoms with Crippen LogP contribution in [0.3, 0.4) is 0 Å². The van der Waals surface area contributed by atoms with Gasteiger partial charge in [0.25, 0.3) is 0 Å². The topological polar surface area (TPSA) is 56.5 Å². The van der Waals surface area contributed by atoms with Gasteiger partial charge in [-0.25, -0.2) is 0 Å². The van der Waals surface area contributed by atoms with Crippen molar-refractivity contribution < 1.29 is 9.47 Å². The third kappa shape index (κ3) is 5.59. The number of rotatable bonds is 8. The minimum absolute atomic E-state index is 0.137. The molecule has 0 aliphatic rings. The standard InChI is InChI=1S/C15H26N2O2/c1-11(2)19-14-7-5-13(6-8-14)15(17-16)9-12(3)10-18-4/h5-8,11-12,15,17H,9-10,16H2,1-4H3. The molecule has 0 aliphatic carbocycles. The van der Waals surface area contributed by atoms with Crippen LogP contribution in [0, 0.1) is 5.92 Å². The quantitative estimate of drug-likeness (QED) is 0.561. The average Bonchev–Trinajstić information content (AvgIpc) is 2.37. The molecule has 0 saturated heterocycles. The molecular formula is C15H26N2O2. The highest BCUT2D eigenvalue weighted by Crippen LogP contribution is 2.23. The molecule has 0 spiro atoms. The van der Waals surface area contributed by atoms with E-state index in [0.717, 1.165) is 18.8 Å². The Bertz CT molecular complexity index is 352. The van der Waals surface area contributed by atoms with Gasteiger partial charge in [0.05, 0.1) is 6.10 Å². The van der Waals surface area contributed by atoms with Crippen molar-refractivity contribution in [3.8, 4) is 5.75 Å². The lowest BCUT2D eigenvalue weighted by Crippen LogP contribution is -2.30. The first kappa shape index (κ1) is 16.0. The molecule has 0 saturated carbocycles. The van der Waals surface area contributed by atoms with Gasteiger partial charge < -0.3 is 9.47 Å². The summed E-state index contributed by atoms with van der Waals surface area (Å²) in [5.74, 6) is 6.99. The summed E-state index contributed by atoms with van der Waals surface area (Å²) in [6.45, 7) is 6.94. The van der Waals surface area contributed by atoms with Gasteiger partial charge in [0, 0.05) is 19.8 Å². The van der Waals surface area contributed by atoms with Crippen LogP contribution in [0.15, 0.2) is 24.3 Å². The minimum Gasteiger partial charge on any atom is -0.491 e. The zero-order valence-corrected chi connectivity index (χ0v) is 12.3. The van der Waals surface area contributed by atoms with Gasteiger partial charge in [-0.1, -0.05) is 19.1 Å². The normalized spacial score (nSPS) is 14.4. The fourth-order valence-corrected chi connectivity index (χ4v) is 2.11. The summed E-state index contributed by atoms with van der Waals surface area (Å²) in [5.41, 5.74) is 4.04. The van der Waals surface area contributed by atoms with Crippen molar-refractivity contribution in [1.82, 2.24) is 5.43 Å². The van der Waals surface area contributed by atoms with Crippen LogP contribution in [0.5, 0.6) is 5.75 Å². The van der Waals surface area contributed by atoms with E-state index in [1.54, 1.807) is 7.11 Å². The van der Waals surface area contributed by atoms with Crippen LogP contribution < -0.4 is 16.0 Å². The maximum atomic E-state index is 5.65. The maximum absolute atomic E-state index is 5.65. The van der Waals surface area contributed by atoms with Gasteiger partial charge in [-0.15, -0.1) is 0 Å². The van der Waals surface area contributed by atoms with E-state index in [4.69, 9.17) is 15.3 Å². The summed E-state index contributed by atoms with van der Waals surface area (Å²) >= 11 is 0. The Balaban J connectivity index is 2.65. The Morgan fingerprint density at radius 3 is 2.26 bits per heavy atom. The van der Waals surface area contributed by atoms with E-state index >= 15 is 0 Å². The Morgan fingerprint density at radius 1 is 1.16 bits per heavy atom. The molecular weight excluding hydrogens is 240 g/mol. The lowest BCUT2D eigenvalue weighted by Gasteiger charge is -2.20. The van der Waals surface area contributed by atoms with E-state index in [-0.39, 0.29) is 12.1 Å². The SMILES string of the molecule is COCC(C)CC(NN)c1ccc(OC(C)C)cc1. The zero-order chi connectivity index (χ0) is 14.3. The fourth-order valence-electron chi connectivity index (χ4n) is 2.11. The number of nitrogens with one attached hydrogen (secondary N) is 1. The molecule has 0 heterocycles. The predicted octanol–water partition coefficient (Wildman–Crippen LogP) is 2.65. The van der Waals surface area contributed by atoms with E-state index in [9.17, 15) is 0 Å². The van der Waals surface area contributed by atoms with Gasteiger partial charge in [0.2, 0.25) is 0 Å². The van der Waals surface area contributed by atoms with Crippen LogP contribution in [0.25, 0.3) is 0 Å². The zero-order valence-electron chi connectivity index (χ0n) is 12.3. The summed E-state index contributed by atoms with van der Waals surface area (Å²) < 4.78 is 10.8. The molecule has 2 atom stereocenters. The third-order valence-electron chi connectivity index (χ3n) is 2.94. The van der Waals surface area contributed by atoms with Crippen molar-refractivity contribution in [3.63, 3.8) is 0 Å². The van der Waals surface area contributed by atoms with Crippen LogP contribution in [0.1, 0.15) is 38.8 Å². The van der Waals surface area contributed by atoms with Gasteiger partial charge >= 0.3 is 0 Å². The van der Waals surface area contributed by atoms with Crippen molar-refractivity contribution in [2.45, 2.75) is 39.3 Å². The highest BCUT2D eigenvalue weighted by atomic mass is 16.5. The van der Waals surface area contributed by atoms with E-state index in [0.29, 0.717) is 5.92 Å². The molecule has 4 nitrogen and oxygen atoms in total. The lowest BCUT2D eigenvalue weighted by molar-refractivity contribution is 0.149. The Labute approximate surface area is 116 Å². The van der Waals surface area contributed by atoms with Gasteiger partial charge in [0.1, 0.15) is 5.75 Å². The van der Waals surface area contributed by atoms with Crippen LogP contribution in [-0.4, -0.2) is 19.8 Å².